The van der Waals surface area contributed by atoms with E-state index in [1.807, 2.05) is 0 Å². The predicted octanol–water partition coefficient (Wildman–Crippen LogP) is 2.04. The number of hydrogen-bond donors (Lipinski definition) is 2. The molecule has 0 unspecified atom stereocenters. The fourth-order valence-electron chi connectivity index (χ4n) is 1.68. The molecule has 0 spiro atoms. The first-order chi connectivity index (χ1) is 7.75. The van der Waals surface area contributed by atoms with Crippen LogP contribution >= 0.6 is 14.3 Å². The third-order valence-corrected chi connectivity index (χ3v) is 10.7. The van der Waals surface area contributed by atoms with Crippen molar-refractivity contribution in [3.63, 3.8) is 0 Å². The lowest BCUT2D eigenvalue weighted by Crippen LogP contribution is -2.31. The van der Waals surface area contributed by atoms with E-state index in [0.717, 1.165) is 0 Å². The highest BCUT2D eigenvalue weighted by Gasteiger charge is 2.52. The van der Waals surface area contributed by atoms with E-state index in [2.05, 4.69) is 0 Å². The van der Waals surface area contributed by atoms with Crippen molar-refractivity contribution in [2.45, 2.75) is 11.8 Å². The maximum absolute atomic E-state index is 12.3. The molecule has 0 aromatic rings. The molecule has 2 N–H and O–H groups in total. The van der Waals surface area contributed by atoms with Gasteiger partial charge in [0.2, 0.25) is 0 Å². The van der Waals surface area contributed by atoms with Crippen LogP contribution in [0.3, 0.4) is 0 Å². The number of carboxylic acids is 2. The fourth-order valence-corrected chi connectivity index (χ4v) is 7.81. The van der Waals surface area contributed by atoms with Gasteiger partial charge in [-0.05, 0) is 33.6 Å². The van der Waals surface area contributed by atoms with Crippen molar-refractivity contribution in [3.05, 3.63) is 11.6 Å². The predicted molar refractivity (Wildman–Crippen MR) is 70.7 cm³/mol. The molecule has 0 amide bonds. The highest BCUT2D eigenvalue weighted by Crippen LogP contribution is 2.72. The summed E-state index contributed by atoms with van der Waals surface area (Å²) in [6, 6.07) is 0. The molecule has 0 bridgehead atoms. The van der Waals surface area contributed by atoms with Crippen molar-refractivity contribution in [1.29, 1.82) is 0 Å². The number of rotatable bonds is 5. The van der Waals surface area contributed by atoms with Gasteiger partial charge in [-0.15, -0.1) is 0 Å². The van der Waals surface area contributed by atoms with Gasteiger partial charge in [-0.2, -0.15) is 0 Å². The lowest BCUT2D eigenvalue weighted by atomic mass is 10.2. The Morgan fingerprint density at radius 1 is 1.00 bits per heavy atom. The molecule has 0 aromatic heterocycles. The molecule has 0 atom stereocenters. The minimum absolute atomic E-state index is 0.474. The molecular formula is C10H18O6P2. The summed E-state index contributed by atoms with van der Waals surface area (Å²) in [6.07, 6.45) is 0.474. The Hall–Kier alpha value is -0.860. The van der Waals surface area contributed by atoms with Crippen LogP contribution in [0.1, 0.15) is 6.92 Å². The number of hydrogen-bond acceptors (Lipinski definition) is 4. The molecular weight excluding hydrogens is 278 g/mol. The number of aliphatic carboxylic acids is 2. The minimum Gasteiger partial charge on any atom is -0.478 e. The van der Waals surface area contributed by atoms with Gasteiger partial charge in [0.15, 0.2) is 0 Å². The van der Waals surface area contributed by atoms with Crippen LogP contribution in [0, 0.1) is 0 Å². The van der Waals surface area contributed by atoms with E-state index in [0.29, 0.717) is 6.08 Å². The molecule has 0 aliphatic heterocycles. The normalized spacial score (nSPS) is 14.4. The van der Waals surface area contributed by atoms with Gasteiger partial charge < -0.3 is 19.3 Å². The summed E-state index contributed by atoms with van der Waals surface area (Å²) in [5.41, 5.74) is -0.586. The van der Waals surface area contributed by atoms with Gasteiger partial charge >= 0.3 is 11.9 Å². The van der Waals surface area contributed by atoms with Crippen LogP contribution in [-0.4, -0.2) is 53.7 Å². The Morgan fingerprint density at radius 2 is 1.33 bits per heavy atom. The second-order valence-corrected chi connectivity index (χ2v) is 12.5. The van der Waals surface area contributed by atoms with Gasteiger partial charge in [-0.1, -0.05) is 0 Å². The highest BCUT2D eigenvalue weighted by atomic mass is 31.2. The smallest absolute Gasteiger partial charge is 0.333 e. The Kier molecular flexibility index (Phi) is 4.78. The molecule has 6 nitrogen and oxygen atoms in total. The van der Waals surface area contributed by atoms with E-state index >= 15 is 0 Å². The molecule has 0 fully saturated rings. The number of carboxylic acid groups (broad SMARTS) is 2. The summed E-state index contributed by atoms with van der Waals surface area (Å²) in [6.45, 7) is 6.53. The zero-order chi connectivity index (χ0) is 14.9. The van der Waals surface area contributed by atoms with Crippen molar-refractivity contribution in [2.24, 2.45) is 0 Å². The molecule has 0 aliphatic carbocycles. The van der Waals surface area contributed by atoms with Crippen LogP contribution in [0.2, 0.25) is 0 Å². The molecule has 0 saturated carbocycles. The molecule has 104 valence electrons. The van der Waals surface area contributed by atoms with Gasteiger partial charge in [0.1, 0.15) is 4.90 Å². The van der Waals surface area contributed by atoms with Gasteiger partial charge in [-0.25, -0.2) is 9.59 Å². The van der Waals surface area contributed by atoms with Crippen LogP contribution in [0.25, 0.3) is 0 Å². The zero-order valence-corrected chi connectivity index (χ0v) is 12.8. The van der Waals surface area contributed by atoms with E-state index in [9.17, 15) is 18.7 Å². The summed E-state index contributed by atoms with van der Waals surface area (Å²) in [5.74, 6) is -2.99. The third kappa shape index (κ3) is 3.12. The average Bonchev–Trinajstić information content (AvgIpc) is 2.08. The summed E-state index contributed by atoms with van der Waals surface area (Å²) in [7, 11) is -6.30. The molecule has 0 rings (SSSR count). The Balaban J connectivity index is 6.38. The van der Waals surface area contributed by atoms with Crippen LogP contribution in [0.5, 0.6) is 0 Å². The van der Waals surface area contributed by atoms with Gasteiger partial charge in [-0.3, -0.25) is 0 Å². The summed E-state index contributed by atoms with van der Waals surface area (Å²) in [4.78, 5) is 20.2. The van der Waals surface area contributed by atoms with Gasteiger partial charge in [0.05, 0.1) is 19.9 Å². The van der Waals surface area contributed by atoms with E-state index in [4.69, 9.17) is 10.2 Å². The highest BCUT2D eigenvalue weighted by molar-refractivity contribution is 7.82. The second-order valence-electron chi connectivity index (χ2n) is 4.92. The maximum Gasteiger partial charge on any atom is 0.333 e. The molecule has 0 heterocycles. The van der Waals surface area contributed by atoms with Gasteiger partial charge in [0.25, 0.3) is 0 Å². The van der Waals surface area contributed by atoms with E-state index in [1.165, 1.54) is 33.6 Å². The Bertz CT molecular complexity index is 470. The van der Waals surface area contributed by atoms with Gasteiger partial charge in [0, 0.05) is 6.08 Å². The Labute approximate surface area is 106 Å². The summed E-state index contributed by atoms with van der Waals surface area (Å²) < 4.78 is 24.7. The summed E-state index contributed by atoms with van der Waals surface area (Å²) in [5, 5.41) is 17.8. The summed E-state index contributed by atoms with van der Waals surface area (Å²) >= 11 is 0. The minimum atomic E-state index is -3.15. The van der Waals surface area contributed by atoms with Crippen LogP contribution in [-0.2, 0) is 18.7 Å². The average molecular weight is 296 g/mol. The van der Waals surface area contributed by atoms with Crippen molar-refractivity contribution in [3.8, 4) is 0 Å². The topological polar surface area (TPSA) is 109 Å². The molecule has 0 aliphatic rings. The van der Waals surface area contributed by atoms with Crippen molar-refractivity contribution >= 4 is 26.2 Å². The van der Waals surface area contributed by atoms with E-state index < -0.39 is 36.7 Å². The largest absolute Gasteiger partial charge is 0.478 e. The standard InChI is InChI=1S/C10H18O6P2/c1-10(17(2,3)15,18(4,5)16)7(9(13)14)6-8(11)12/h6H,1-5H3,(H,11,12)(H,13,14)/b7-6+. The van der Waals surface area contributed by atoms with E-state index in [-0.39, 0.29) is 0 Å². The lowest BCUT2D eigenvalue weighted by Gasteiger charge is -2.37. The first-order valence-corrected chi connectivity index (χ1v) is 10.2. The quantitative estimate of drug-likeness (QED) is 0.593. The SMILES string of the molecule is CC(/C(=C/C(=O)O)C(=O)O)(P(C)(C)=O)P(C)(C)=O. The first kappa shape index (κ1) is 17.1. The Morgan fingerprint density at radius 3 is 1.50 bits per heavy atom. The third-order valence-electron chi connectivity index (χ3n) is 3.11. The van der Waals surface area contributed by atoms with Crippen molar-refractivity contribution < 1.29 is 28.9 Å². The van der Waals surface area contributed by atoms with Crippen molar-refractivity contribution in [1.82, 2.24) is 0 Å². The van der Waals surface area contributed by atoms with E-state index in [1.54, 1.807) is 0 Å². The zero-order valence-electron chi connectivity index (χ0n) is 11.0. The molecule has 18 heavy (non-hydrogen) atoms. The molecule has 8 heteroatoms. The molecule has 0 radical (unpaired) electrons. The molecule has 0 aromatic carbocycles. The monoisotopic (exact) mass is 296 g/mol. The molecule has 0 saturated heterocycles. The van der Waals surface area contributed by atoms with Crippen molar-refractivity contribution in [2.75, 3.05) is 26.7 Å². The first-order valence-electron chi connectivity index (χ1n) is 5.03. The second kappa shape index (κ2) is 5.02. The lowest BCUT2D eigenvalue weighted by molar-refractivity contribution is -0.135. The van der Waals surface area contributed by atoms with Crippen LogP contribution in [0.15, 0.2) is 11.6 Å². The maximum atomic E-state index is 12.3. The van der Waals surface area contributed by atoms with Crippen LogP contribution in [0.4, 0.5) is 0 Å². The fraction of sp³-hybridized carbons (Fsp3) is 0.600. The number of carbonyl (C=O) groups is 2. The van der Waals surface area contributed by atoms with Crippen LogP contribution < -0.4 is 0 Å².